The van der Waals surface area contributed by atoms with Crippen molar-refractivity contribution in [1.82, 2.24) is 4.98 Å². The van der Waals surface area contributed by atoms with E-state index in [1.165, 1.54) is 16.9 Å². The summed E-state index contributed by atoms with van der Waals surface area (Å²) in [4.78, 5) is 16.7. The molecule has 0 saturated heterocycles. The van der Waals surface area contributed by atoms with Crippen LogP contribution in [-0.4, -0.2) is 10.9 Å². The average molecular weight is 366 g/mol. The second-order valence-electron chi connectivity index (χ2n) is 6.44. The van der Waals surface area contributed by atoms with Crippen LogP contribution in [0.5, 0.6) is 5.75 Å². The van der Waals surface area contributed by atoms with Crippen LogP contribution in [0.15, 0.2) is 47.8 Å². The van der Waals surface area contributed by atoms with Gasteiger partial charge in [-0.15, -0.1) is 11.3 Å². The largest absolute Gasteiger partial charge is 0.486 e. The quantitative estimate of drug-likeness (QED) is 0.680. The molecule has 0 aliphatic heterocycles. The van der Waals surface area contributed by atoms with Crippen molar-refractivity contribution in [3.8, 4) is 5.75 Å². The minimum Gasteiger partial charge on any atom is -0.486 e. The number of thiazole rings is 1. The Hall–Kier alpha value is -2.66. The molecule has 1 aromatic heterocycles. The number of aromatic nitrogens is 1. The molecule has 3 aromatic rings. The Labute approximate surface area is 157 Å². The Kier molecular flexibility index (Phi) is 5.68. The highest BCUT2D eigenvalue weighted by Crippen LogP contribution is 2.17. The molecule has 2 aromatic carbocycles. The molecule has 0 aliphatic rings. The van der Waals surface area contributed by atoms with Crippen molar-refractivity contribution in [3.05, 3.63) is 75.2 Å². The van der Waals surface area contributed by atoms with Crippen LogP contribution in [0.25, 0.3) is 0 Å². The van der Waals surface area contributed by atoms with Crippen LogP contribution < -0.4 is 10.1 Å². The van der Waals surface area contributed by atoms with Gasteiger partial charge in [0.1, 0.15) is 17.4 Å². The fourth-order valence-electron chi connectivity index (χ4n) is 2.69. The molecule has 26 heavy (non-hydrogen) atoms. The summed E-state index contributed by atoms with van der Waals surface area (Å²) >= 11 is 1.51. The summed E-state index contributed by atoms with van der Waals surface area (Å²) < 4.78 is 5.73. The lowest BCUT2D eigenvalue weighted by Gasteiger charge is -2.06. The van der Waals surface area contributed by atoms with Gasteiger partial charge in [-0.2, -0.15) is 0 Å². The molecule has 1 N–H and O–H groups in total. The fraction of sp³-hybridized carbons (Fsp3) is 0.238. The first-order valence-corrected chi connectivity index (χ1v) is 9.37. The van der Waals surface area contributed by atoms with Crippen molar-refractivity contribution in [1.29, 1.82) is 0 Å². The van der Waals surface area contributed by atoms with E-state index in [4.69, 9.17) is 4.74 Å². The van der Waals surface area contributed by atoms with Crippen molar-refractivity contribution in [2.24, 2.45) is 0 Å². The number of nitrogens with one attached hydrogen (secondary N) is 1. The number of aryl methyl sites for hydroxylation is 3. The summed E-state index contributed by atoms with van der Waals surface area (Å²) in [5.74, 6) is 0.756. The van der Waals surface area contributed by atoms with Gasteiger partial charge in [0.2, 0.25) is 5.91 Å². The normalized spacial score (nSPS) is 10.6. The van der Waals surface area contributed by atoms with Crippen LogP contribution in [0, 0.1) is 20.8 Å². The zero-order valence-corrected chi connectivity index (χ0v) is 16.0. The summed E-state index contributed by atoms with van der Waals surface area (Å²) in [5.41, 5.74) is 5.04. The van der Waals surface area contributed by atoms with Gasteiger partial charge in [0.15, 0.2) is 0 Å². The lowest BCUT2D eigenvalue weighted by atomic mass is 10.1. The van der Waals surface area contributed by atoms with Gasteiger partial charge >= 0.3 is 0 Å². The van der Waals surface area contributed by atoms with Crippen LogP contribution in [0.2, 0.25) is 0 Å². The van der Waals surface area contributed by atoms with E-state index in [0.717, 1.165) is 33.3 Å². The Bertz CT molecular complexity index is 880. The number of hydrogen-bond acceptors (Lipinski definition) is 4. The molecule has 0 aliphatic carbocycles. The minimum atomic E-state index is -0.0636. The molecule has 3 rings (SSSR count). The van der Waals surface area contributed by atoms with Crippen LogP contribution in [-0.2, 0) is 17.8 Å². The summed E-state index contributed by atoms with van der Waals surface area (Å²) in [7, 11) is 0. The molecule has 0 saturated carbocycles. The van der Waals surface area contributed by atoms with E-state index >= 15 is 0 Å². The molecular weight excluding hydrogens is 344 g/mol. The molecule has 1 amide bonds. The number of nitrogens with zero attached hydrogens (tertiary/aromatic N) is 1. The Morgan fingerprint density at radius 1 is 1.04 bits per heavy atom. The first-order chi connectivity index (χ1) is 12.5. The second-order valence-corrected chi connectivity index (χ2v) is 7.38. The number of hydrogen-bond donors (Lipinski definition) is 1. The van der Waals surface area contributed by atoms with E-state index in [1.54, 1.807) is 0 Å². The highest BCUT2D eigenvalue weighted by atomic mass is 32.1. The van der Waals surface area contributed by atoms with Gasteiger partial charge in [0.05, 0.1) is 12.1 Å². The van der Waals surface area contributed by atoms with E-state index < -0.39 is 0 Å². The lowest BCUT2D eigenvalue weighted by molar-refractivity contribution is -0.115. The number of carbonyl (C=O) groups excluding carboxylic acids is 1. The monoisotopic (exact) mass is 366 g/mol. The maximum atomic E-state index is 12.2. The van der Waals surface area contributed by atoms with Crippen LogP contribution in [0.3, 0.4) is 0 Å². The van der Waals surface area contributed by atoms with Crippen LogP contribution in [0.4, 0.5) is 5.69 Å². The Morgan fingerprint density at radius 2 is 1.73 bits per heavy atom. The van der Waals surface area contributed by atoms with Crippen molar-refractivity contribution in [2.75, 3.05) is 5.32 Å². The Morgan fingerprint density at radius 3 is 2.42 bits per heavy atom. The standard InChI is InChI=1S/C21H22N2O2S/c1-14-4-6-19(7-5-14)25-12-21-23-18(13-26-21)11-20(24)22-17-9-15(2)8-16(3)10-17/h4-10,13H,11-12H2,1-3H3,(H,22,24). The molecular formula is C21H22N2O2S. The molecule has 0 unspecified atom stereocenters. The summed E-state index contributed by atoms with van der Waals surface area (Å²) in [6, 6.07) is 13.9. The highest BCUT2D eigenvalue weighted by molar-refractivity contribution is 7.09. The number of benzene rings is 2. The third kappa shape index (κ3) is 5.17. The average Bonchev–Trinajstić information content (AvgIpc) is 3.00. The number of amides is 1. The van der Waals surface area contributed by atoms with Gasteiger partial charge in [-0.05, 0) is 56.2 Å². The highest BCUT2D eigenvalue weighted by Gasteiger charge is 2.09. The topological polar surface area (TPSA) is 51.2 Å². The van der Waals surface area contributed by atoms with Crippen molar-refractivity contribution >= 4 is 22.9 Å². The smallest absolute Gasteiger partial charge is 0.230 e. The number of carbonyl (C=O) groups is 1. The summed E-state index contributed by atoms with van der Waals surface area (Å²) in [6.45, 7) is 6.49. The van der Waals surface area contributed by atoms with E-state index in [-0.39, 0.29) is 12.3 Å². The molecule has 4 nitrogen and oxygen atoms in total. The van der Waals surface area contributed by atoms with Crippen molar-refractivity contribution in [2.45, 2.75) is 33.8 Å². The third-order valence-corrected chi connectivity index (χ3v) is 4.70. The van der Waals surface area contributed by atoms with Gasteiger partial charge in [-0.1, -0.05) is 23.8 Å². The molecule has 0 bridgehead atoms. The number of anilines is 1. The maximum absolute atomic E-state index is 12.2. The summed E-state index contributed by atoms with van der Waals surface area (Å²) in [6.07, 6.45) is 0.258. The van der Waals surface area contributed by atoms with Gasteiger partial charge in [0.25, 0.3) is 0 Å². The van der Waals surface area contributed by atoms with Crippen molar-refractivity contribution in [3.63, 3.8) is 0 Å². The molecule has 0 fully saturated rings. The lowest BCUT2D eigenvalue weighted by Crippen LogP contribution is -2.14. The van der Waals surface area contributed by atoms with E-state index in [2.05, 4.69) is 16.4 Å². The van der Waals surface area contributed by atoms with Crippen molar-refractivity contribution < 1.29 is 9.53 Å². The molecule has 134 valence electrons. The fourth-order valence-corrected chi connectivity index (χ4v) is 3.40. The SMILES string of the molecule is Cc1ccc(OCc2nc(CC(=O)Nc3cc(C)cc(C)c3)cs2)cc1. The molecule has 0 spiro atoms. The molecule has 0 atom stereocenters. The first kappa shape index (κ1) is 18.1. The van der Waals surface area contributed by atoms with E-state index in [9.17, 15) is 4.79 Å². The number of rotatable bonds is 6. The predicted octanol–water partition coefficient (Wildman–Crippen LogP) is 4.83. The molecule has 5 heteroatoms. The molecule has 1 heterocycles. The van der Waals surface area contributed by atoms with E-state index in [0.29, 0.717) is 6.61 Å². The summed E-state index contributed by atoms with van der Waals surface area (Å²) in [5, 5.41) is 5.71. The number of ether oxygens (including phenoxy) is 1. The van der Waals surface area contributed by atoms with Gasteiger partial charge in [-0.25, -0.2) is 4.98 Å². The zero-order chi connectivity index (χ0) is 18.5. The van der Waals surface area contributed by atoms with Crippen LogP contribution in [0.1, 0.15) is 27.4 Å². The third-order valence-electron chi connectivity index (χ3n) is 3.83. The zero-order valence-electron chi connectivity index (χ0n) is 15.2. The first-order valence-electron chi connectivity index (χ1n) is 8.49. The van der Waals surface area contributed by atoms with Crippen LogP contribution >= 0.6 is 11.3 Å². The minimum absolute atomic E-state index is 0.0636. The predicted molar refractivity (Wildman–Crippen MR) is 106 cm³/mol. The van der Waals surface area contributed by atoms with Gasteiger partial charge in [0, 0.05) is 11.1 Å². The van der Waals surface area contributed by atoms with Gasteiger partial charge in [-0.3, -0.25) is 4.79 Å². The van der Waals surface area contributed by atoms with Gasteiger partial charge < -0.3 is 10.1 Å². The van der Waals surface area contributed by atoms with E-state index in [1.807, 2.05) is 62.5 Å². The Balaban J connectivity index is 1.54. The second kappa shape index (κ2) is 8.15. The molecule has 0 radical (unpaired) electrons. The maximum Gasteiger partial charge on any atom is 0.230 e.